The quantitative estimate of drug-likeness (QED) is 0.773. The molecule has 0 saturated carbocycles. The smallest absolute Gasteiger partial charge is 0.244 e. The lowest BCUT2D eigenvalue weighted by Crippen LogP contribution is -2.48. The molecule has 2 rings (SSSR count). The zero-order chi connectivity index (χ0) is 11.4. The molecule has 1 aliphatic heterocycles. The van der Waals surface area contributed by atoms with E-state index in [4.69, 9.17) is 0 Å². The molecule has 1 aromatic heterocycles. The van der Waals surface area contributed by atoms with Crippen molar-refractivity contribution in [1.29, 1.82) is 0 Å². The fraction of sp³-hybridized carbons (Fsp3) is 0.545. The van der Waals surface area contributed by atoms with Crippen molar-refractivity contribution in [3.8, 4) is 0 Å². The van der Waals surface area contributed by atoms with E-state index in [1.54, 1.807) is 18.5 Å². The molecular weight excluding hydrogens is 204 g/mol. The van der Waals surface area contributed by atoms with Gasteiger partial charge in [-0.3, -0.25) is 10.1 Å². The average molecular weight is 220 g/mol. The summed E-state index contributed by atoms with van der Waals surface area (Å²) in [7, 11) is 0. The Kier molecular flexibility index (Phi) is 3.46. The number of carbonyl (C=O) groups excluding carboxylic acids is 1. The molecule has 0 spiro atoms. The Bertz CT molecular complexity index is 354. The molecule has 5 nitrogen and oxygen atoms in total. The van der Waals surface area contributed by atoms with Gasteiger partial charge in [0.05, 0.1) is 6.04 Å². The van der Waals surface area contributed by atoms with Gasteiger partial charge in [-0.15, -0.1) is 0 Å². The van der Waals surface area contributed by atoms with Crippen LogP contribution >= 0.6 is 0 Å². The minimum Gasteiger partial charge on any atom is -0.306 e. The van der Waals surface area contributed by atoms with Crippen LogP contribution in [0, 0.1) is 5.92 Å². The maximum atomic E-state index is 11.9. The number of hydrogen-bond donors (Lipinski definition) is 2. The van der Waals surface area contributed by atoms with Crippen LogP contribution in [-0.4, -0.2) is 28.5 Å². The number of rotatable bonds is 2. The standard InChI is InChI=1S/C11H16N4O/c1-8-4-2-5-12-9(8)10(16)15-11-13-6-3-7-14-11/h3,6-9,12H,2,4-5H2,1H3,(H,13,14,15,16). The first kappa shape index (κ1) is 11.0. The van der Waals surface area contributed by atoms with Crippen LogP contribution in [-0.2, 0) is 4.79 Å². The molecule has 86 valence electrons. The number of piperidine rings is 1. The molecule has 0 aromatic carbocycles. The Balaban J connectivity index is 1.97. The van der Waals surface area contributed by atoms with Crippen molar-refractivity contribution in [1.82, 2.24) is 15.3 Å². The van der Waals surface area contributed by atoms with Gasteiger partial charge in [0.15, 0.2) is 0 Å². The van der Waals surface area contributed by atoms with Gasteiger partial charge in [-0.1, -0.05) is 6.92 Å². The van der Waals surface area contributed by atoms with E-state index in [1.807, 2.05) is 0 Å². The maximum absolute atomic E-state index is 11.9. The molecular formula is C11H16N4O. The number of nitrogens with one attached hydrogen (secondary N) is 2. The van der Waals surface area contributed by atoms with Crippen molar-refractivity contribution in [3.63, 3.8) is 0 Å². The molecule has 0 aliphatic carbocycles. The molecule has 2 heterocycles. The minimum atomic E-state index is -0.127. The van der Waals surface area contributed by atoms with Crippen LogP contribution in [0.25, 0.3) is 0 Å². The van der Waals surface area contributed by atoms with Gasteiger partial charge in [-0.2, -0.15) is 0 Å². The first-order valence-electron chi connectivity index (χ1n) is 5.58. The summed E-state index contributed by atoms with van der Waals surface area (Å²) in [5, 5.41) is 5.94. The van der Waals surface area contributed by atoms with Gasteiger partial charge in [0.2, 0.25) is 11.9 Å². The summed E-state index contributed by atoms with van der Waals surface area (Å²) >= 11 is 0. The van der Waals surface area contributed by atoms with Crippen molar-refractivity contribution >= 4 is 11.9 Å². The van der Waals surface area contributed by atoms with Crippen LogP contribution in [0.3, 0.4) is 0 Å². The Morgan fingerprint density at radius 3 is 2.94 bits per heavy atom. The van der Waals surface area contributed by atoms with Crippen molar-refractivity contribution in [2.75, 3.05) is 11.9 Å². The van der Waals surface area contributed by atoms with Gasteiger partial charge in [0.25, 0.3) is 0 Å². The second-order valence-electron chi connectivity index (χ2n) is 4.11. The SMILES string of the molecule is CC1CCCNC1C(=O)Nc1ncccn1. The fourth-order valence-corrected chi connectivity index (χ4v) is 1.95. The van der Waals surface area contributed by atoms with E-state index in [0.717, 1.165) is 19.4 Å². The Morgan fingerprint density at radius 1 is 1.50 bits per heavy atom. The van der Waals surface area contributed by atoms with E-state index in [0.29, 0.717) is 11.9 Å². The van der Waals surface area contributed by atoms with E-state index >= 15 is 0 Å². The molecule has 2 N–H and O–H groups in total. The highest BCUT2D eigenvalue weighted by molar-refractivity contribution is 5.93. The summed E-state index contributed by atoms with van der Waals surface area (Å²) in [6.07, 6.45) is 5.44. The first-order valence-corrected chi connectivity index (χ1v) is 5.58. The summed E-state index contributed by atoms with van der Waals surface area (Å²) in [6, 6.07) is 1.59. The predicted molar refractivity (Wildman–Crippen MR) is 60.9 cm³/mol. The lowest BCUT2D eigenvalue weighted by molar-refractivity contribution is -0.119. The molecule has 0 radical (unpaired) electrons. The number of carbonyl (C=O) groups is 1. The van der Waals surface area contributed by atoms with Crippen LogP contribution in [0.5, 0.6) is 0 Å². The number of amides is 1. The molecule has 2 atom stereocenters. The first-order chi connectivity index (χ1) is 7.77. The van der Waals surface area contributed by atoms with Gasteiger partial charge in [0.1, 0.15) is 0 Å². The van der Waals surface area contributed by atoms with Crippen molar-refractivity contribution < 1.29 is 4.79 Å². The van der Waals surface area contributed by atoms with E-state index in [-0.39, 0.29) is 11.9 Å². The summed E-state index contributed by atoms with van der Waals surface area (Å²) < 4.78 is 0. The van der Waals surface area contributed by atoms with E-state index in [9.17, 15) is 4.79 Å². The van der Waals surface area contributed by atoms with E-state index in [1.165, 1.54) is 0 Å². The minimum absolute atomic E-state index is 0.0431. The largest absolute Gasteiger partial charge is 0.306 e. The van der Waals surface area contributed by atoms with Gasteiger partial charge < -0.3 is 5.32 Å². The van der Waals surface area contributed by atoms with Crippen LogP contribution in [0.1, 0.15) is 19.8 Å². The zero-order valence-corrected chi connectivity index (χ0v) is 9.31. The fourth-order valence-electron chi connectivity index (χ4n) is 1.95. The normalized spacial score (nSPS) is 25.1. The molecule has 1 fully saturated rings. The number of hydrogen-bond acceptors (Lipinski definition) is 4. The lowest BCUT2D eigenvalue weighted by atomic mass is 9.92. The number of anilines is 1. The summed E-state index contributed by atoms with van der Waals surface area (Å²) in [4.78, 5) is 19.9. The van der Waals surface area contributed by atoms with E-state index < -0.39 is 0 Å². The lowest BCUT2D eigenvalue weighted by Gasteiger charge is -2.28. The highest BCUT2D eigenvalue weighted by Gasteiger charge is 2.27. The second-order valence-corrected chi connectivity index (χ2v) is 4.11. The molecule has 16 heavy (non-hydrogen) atoms. The Hall–Kier alpha value is -1.49. The topological polar surface area (TPSA) is 66.9 Å². The highest BCUT2D eigenvalue weighted by atomic mass is 16.2. The second kappa shape index (κ2) is 5.03. The molecule has 2 unspecified atom stereocenters. The van der Waals surface area contributed by atoms with E-state index in [2.05, 4.69) is 27.5 Å². The van der Waals surface area contributed by atoms with Crippen LogP contribution in [0.2, 0.25) is 0 Å². The third-order valence-corrected chi connectivity index (χ3v) is 2.85. The van der Waals surface area contributed by atoms with Crippen molar-refractivity contribution in [2.45, 2.75) is 25.8 Å². The third kappa shape index (κ3) is 2.55. The number of aromatic nitrogens is 2. The van der Waals surface area contributed by atoms with Crippen LogP contribution < -0.4 is 10.6 Å². The van der Waals surface area contributed by atoms with Gasteiger partial charge in [0, 0.05) is 12.4 Å². The molecule has 1 aliphatic rings. The molecule has 5 heteroatoms. The summed E-state index contributed by atoms with van der Waals surface area (Å²) in [5.74, 6) is 0.683. The maximum Gasteiger partial charge on any atom is 0.244 e. The number of nitrogens with zero attached hydrogens (tertiary/aromatic N) is 2. The summed E-state index contributed by atoms with van der Waals surface area (Å²) in [5.41, 5.74) is 0. The molecule has 0 bridgehead atoms. The molecule has 1 amide bonds. The van der Waals surface area contributed by atoms with Crippen LogP contribution in [0.15, 0.2) is 18.5 Å². The third-order valence-electron chi connectivity index (χ3n) is 2.85. The average Bonchev–Trinajstić information content (AvgIpc) is 2.31. The Morgan fingerprint density at radius 2 is 2.25 bits per heavy atom. The highest BCUT2D eigenvalue weighted by Crippen LogP contribution is 2.16. The van der Waals surface area contributed by atoms with Gasteiger partial charge in [-0.25, -0.2) is 9.97 Å². The Labute approximate surface area is 94.7 Å². The van der Waals surface area contributed by atoms with Gasteiger partial charge >= 0.3 is 0 Å². The van der Waals surface area contributed by atoms with Crippen LogP contribution in [0.4, 0.5) is 5.95 Å². The van der Waals surface area contributed by atoms with Crippen molar-refractivity contribution in [2.24, 2.45) is 5.92 Å². The summed E-state index contributed by atoms with van der Waals surface area (Å²) in [6.45, 7) is 2.99. The van der Waals surface area contributed by atoms with Crippen molar-refractivity contribution in [3.05, 3.63) is 18.5 Å². The predicted octanol–water partition coefficient (Wildman–Crippen LogP) is 0.803. The van der Waals surface area contributed by atoms with Gasteiger partial charge in [-0.05, 0) is 31.4 Å². The molecule has 1 aromatic rings. The molecule has 1 saturated heterocycles. The monoisotopic (exact) mass is 220 g/mol. The zero-order valence-electron chi connectivity index (χ0n) is 9.31.